The Kier molecular flexibility index (Phi) is 6.57. The Hall–Kier alpha value is -1.90. The molecule has 3 heteroatoms. The summed E-state index contributed by atoms with van der Waals surface area (Å²) in [7, 11) is 0. The molecule has 2 rings (SSSR count). The van der Waals surface area contributed by atoms with Crippen LogP contribution in [0.4, 0.5) is 8.78 Å². The van der Waals surface area contributed by atoms with Crippen molar-refractivity contribution >= 4 is 0 Å². The van der Waals surface area contributed by atoms with Crippen LogP contribution in [0, 0.1) is 11.6 Å². The zero-order chi connectivity index (χ0) is 16.7. The largest absolute Gasteiger partial charge is 0.490 e. The zero-order valence-electron chi connectivity index (χ0n) is 13.9. The Bertz CT molecular complexity index is 620. The average molecular weight is 318 g/mol. The highest BCUT2D eigenvalue weighted by Gasteiger charge is 2.14. The number of halogens is 2. The van der Waals surface area contributed by atoms with Crippen LogP contribution in [0.15, 0.2) is 36.4 Å². The SMILES string of the molecule is CCCCOc1ccc(CCc2ccc(CC)cc2)c(F)c1F. The molecule has 0 amide bonds. The minimum atomic E-state index is -0.875. The molecule has 0 spiro atoms. The highest BCUT2D eigenvalue weighted by atomic mass is 19.2. The Balaban J connectivity index is 2.00. The average Bonchev–Trinajstić information content (AvgIpc) is 2.58. The van der Waals surface area contributed by atoms with Gasteiger partial charge in [0.15, 0.2) is 11.6 Å². The lowest BCUT2D eigenvalue weighted by Crippen LogP contribution is -2.03. The van der Waals surface area contributed by atoms with Gasteiger partial charge < -0.3 is 4.74 Å². The van der Waals surface area contributed by atoms with Gasteiger partial charge >= 0.3 is 0 Å². The summed E-state index contributed by atoms with van der Waals surface area (Å²) in [5, 5.41) is 0. The molecule has 0 bridgehead atoms. The first-order valence-electron chi connectivity index (χ1n) is 8.33. The van der Waals surface area contributed by atoms with Crippen LogP contribution in [-0.2, 0) is 19.3 Å². The van der Waals surface area contributed by atoms with Gasteiger partial charge in [0.05, 0.1) is 6.61 Å². The second-order valence-electron chi connectivity index (χ2n) is 5.72. The molecule has 0 N–H and O–H groups in total. The van der Waals surface area contributed by atoms with Gasteiger partial charge in [0.2, 0.25) is 5.82 Å². The Morgan fingerprint density at radius 1 is 0.826 bits per heavy atom. The van der Waals surface area contributed by atoms with E-state index in [-0.39, 0.29) is 5.75 Å². The third kappa shape index (κ3) is 4.78. The van der Waals surface area contributed by atoms with E-state index in [2.05, 4.69) is 31.2 Å². The monoisotopic (exact) mass is 318 g/mol. The third-order valence-electron chi connectivity index (χ3n) is 4.00. The molecule has 2 aromatic carbocycles. The van der Waals surface area contributed by atoms with Crippen molar-refractivity contribution < 1.29 is 13.5 Å². The van der Waals surface area contributed by atoms with Crippen LogP contribution in [-0.4, -0.2) is 6.61 Å². The van der Waals surface area contributed by atoms with E-state index in [0.717, 1.165) is 24.8 Å². The molecule has 0 heterocycles. The number of rotatable bonds is 8. The molecule has 0 unspecified atom stereocenters. The first kappa shape index (κ1) is 17.5. The predicted molar refractivity (Wildman–Crippen MR) is 90.0 cm³/mol. The van der Waals surface area contributed by atoms with Gasteiger partial charge in [-0.2, -0.15) is 4.39 Å². The van der Waals surface area contributed by atoms with E-state index in [9.17, 15) is 8.78 Å². The van der Waals surface area contributed by atoms with E-state index < -0.39 is 11.6 Å². The number of unbranched alkanes of at least 4 members (excludes halogenated alkanes) is 1. The molecule has 23 heavy (non-hydrogen) atoms. The molecule has 0 aliphatic heterocycles. The van der Waals surface area contributed by atoms with Crippen LogP contribution in [0.25, 0.3) is 0 Å². The van der Waals surface area contributed by atoms with E-state index in [1.54, 1.807) is 6.07 Å². The molecule has 124 valence electrons. The molecule has 0 aliphatic carbocycles. The summed E-state index contributed by atoms with van der Waals surface area (Å²) >= 11 is 0. The topological polar surface area (TPSA) is 9.23 Å². The van der Waals surface area contributed by atoms with Crippen molar-refractivity contribution in [1.29, 1.82) is 0 Å². The van der Waals surface area contributed by atoms with Gasteiger partial charge in [-0.15, -0.1) is 0 Å². The molecule has 0 radical (unpaired) electrons. The standard InChI is InChI=1S/C20H24F2O/c1-3-5-14-23-18-13-12-17(19(21)20(18)22)11-10-16-8-6-15(4-2)7-9-16/h6-9,12-13H,3-5,10-11,14H2,1-2H3. The van der Waals surface area contributed by atoms with Gasteiger partial charge in [-0.25, -0.2) is 4.39 Å². The molecule has 1 nitrogen and oxygen atoms in total. The summed E-state index contributed by atoms with van der Waals surface area (Å²) in [6.45, 7) is 4.55. The lowest BCUT2D eigenvalue weighted by atomic mass is 10.0. The second-order valence-corrected chi connectivity index (χ2v) is 5.72. The summed E-state index contributed by atoms with van der Waals surface area (Å²) in [6, 6.07) is 11.4. The van der Waals surface area contributed by atoms with Crippen molar-refractivity contribution in [2.45, 2.75) is 46.0 Å². The number of ether oxygens (including phenoxy) is 1. The third-order valence-corrected chi connectivity index (χ3v) is 4.00. The fourth-order valence-electron chi connectivity index (χ4n) is 2.42. The lowest BCUT2D eigenvalue weighted by molar-refractivity contribution is 0.288. The number of benzene rings is 2. The summed E-state index contributed by atoms with van der Waals surface area (Å²) in [6.07, 6.45) is 3.95. The Morgan fingerprint density at radius 3 is 2.17 bits per heavy atom. The first-order chi connectivity index (χ1) is 11.2. The zero-order valence-corrected chi connectivity index (χ0v) is 13.9. The number of aryl methyl sites for hydroxylation is 3. The number of hydrogen-bond acceptors (Lipinski definition) is 1. The van der Waals surface area contributed by atoms with Gasteiger partial charge in [0.25, 0.3) is 0 Å². The minimum absolute atomic E-state index is 0.00648. The summed E-state index contributed by atoms with van der Waals surface area (Å²) in [4.78, 5) is 0. The molecule has 0 aromatic heterocycles. The lowest BCUT2D eigenvalue weighted by Gasteiger charge is -2.10. The molecule has 0 saturated heterocycles. The summed E-state index contributed by atoms with van der Waals surface area (Å²) in [5.74, 6) is -1.66. The molecule has 2 aromatic rings. The number of hydrogen-bond donors (Lipinski definition) is 0. The van der Waals surface area contributed by atoms with Crippen LogP contribution in [0.5, 0.6) is 5.75 Å². The normalized spacial score (nSPS) is 10.8. The molecule has 0 saturated carbocycles. The summed E-state index contributed by atoms with van der Waals surface area (Å²) in [5.41, 5.74) is 2.80. The van der Waals surface area contributed by atoms with E-state index in [4.69, 9.17) is 4.74 Å². The van der Waals surface area contributed by atoms with Gasteiger partial charge in [-0.3, -0.25) is 0 Å². The maximum atomic E-state index is 14.1. The van der Waals surface area contributed by atoms with Crippen molar-refractivity contribution in [1.82, 2.24) is 0 Å². The van der Waals surface area contributed by atoms with Crippen molar-refractivity contribution in [3.8, 4) is 5.75 Å². The van der Waals surface area contributed by atoms with E-state index in [1.165, 1.54) is 11.6 Å². The van der Waals surface area contributed by atoms with Crippen LogP contribution < -0.4 is 4.74 Å². The second kappa shape index (κ2) is 8.66. The highest BCUT2D eigenvalue weighted by molar-refractivity contribution is 5.32. The summed E-state index contributed by atoms with van der Waals surface area (Å²) < 4.78 is 33.4. The molecular weight excluding hydrogens is 294 g/mol. The highest BCUT2D eigenvalue weighted by Crippen LogP contribution is 2.24. The van der Waals surface area contributed by atoms with Gasteiger partial charge in [0.1, 0.15) is 0 Å². The van der Waals surface area contributed by atoms with E-state index >= 15 is 0 Å². The quantitative estimate of drug-likeness (QED) is 0.585. The predicted octanol–water partition coefficient (Wildman–Crippen LogP) is 5.49. The van der Waals surface area contributed by atoms with Crippen LogP contribution in [0.1, 0.15) is 43.4 Å². The maximum Gasteiger partial charge on any atom is 0.200 e. The Labute approximate surface area is 137 Å². The van der Waals surface area contributed by atoms with Gasteiger partial charge in [-0.05, 0) is 48.4 Å². The first-order valence-corrected chi connectivity index (χ1v) is 8.33. The van der Waals surface area contributed by atoms with Crippen molar-refractivity contribution in [3.05, 3.63) is 64.7 Å². The van der Waals surface area contributed by atoms with E-state index in [1.807, 2.05) is 6.92 Å². The fraction of sp³-hybridized carbons (Fsp3) is 0.400. The van der Waals surface area contributed by atoms with Crippen molar-refractivity contribution in [2.24, 2.45) is 0 Å². The maximum absolute atomic E-state index is 14.1. The van der Waals surface area contributed by atoms with Crippen LogP contribution in [0.2, 0.25) is 0 Å². The minimum Gasteiger partial charge on any atom is -0.490 e. The van der Waals surface area contributed by atoms with Crippen molar-refractivity contribution in [3.63, 3.8) is 0 Å². The van der Waals surface area contributed by atoms with E-state index in [0.29, 0.717) is 25.0 Å². The van der Waals surface area contributed by atoms with Crippen LogP contribution in [0.3, 0.4) is 0 Å². The molecule has 0 fully saturated rings. The molecule has 0 aliphatic rings. The van der Waals surface area contributed by atoms with Gasteiger partial charge in [-0.1, -0.05) is 50.6 Å². The van der Waals surface area contributed by atoms with Crippen LogP contribution >= 0.6 is 0 Å². The fourth-order valence-corrected chi connectivity index (χ4v) is 2.42. The molecule has 0 atom stereocenters. The van der Waals surface area contributed by atoms with Crippen molar-refractivity contribution in [2.75, 3.05) is 6.61 Å². The molecular formula is C20H24F2O. The van der Waals surface area contributed by atoms with Gasteiger partial charge in [0, 0.05) is 0 Å². The smallest absolute Gasteiger partial charge is 0.200 e. The Morgan fingerprint density at radius 2 is 1.52 bits per heavy atom.